The summed E-state index contributed by atoms with van der Waals surface area (Å²) in [5.41, 5.74) is 2.70. The molecule has 1 heterocycles. The van der Waals surface area contributed by atoms with Crippen LogP contribution in [0.3, 0.4) is 0 Å². The minimum absolute atomic E-state index is 0.0148. The van der Waals surface area contributed by atoms with E-state index in [4.69, 9.17) is 12.2 Å². The van der Waals surface area contributed by atoms with Gasteiger partial charge in [0.05, 0.1) is 0 Å². The molecule has 18 heavy (non-hydrogen) atoms. The minimum Gasteiger partial charge on any atom is -0.273 e. The van der Waals surface area contributed by atoms with Crippen LogP contribution in [0, 0.1) is 10.7 Å². The Hall–Kier alpha value is -1.24. The van der Waals surface area contributed by atoms with Crippen molar-refractivity contribution >= 4 is 18.1 Å². The van der Waals surface area contributed by atoms with Crippen LogP contribution in [0.4, 0.5) is 0 Å². The van der Waals surface area contributed by atoms with Gasteiger partial charge in [-0.05, 0) is 30.3 Å². The molecule has 0 fully saturated rings. The van der Waals surface area contributed by atoms with Crippen LogP contribution in [0.2, 0.25) is 0 Å². The molecule has 0 radical (unpaired) electrons. The third-order valence-electron chi connectivity index (χ3n) is 2.88. The topological polar surface area (TPSA) is 75.6 Å². The van der Waals surface area contributed by atoms with Gasteiger partial charge in [-0.2, -0.15) is 5.21 Å². The van der Waals surface area contributed by atoms with E-state index in [0.717, 1.165) is 38.5 Å². The zero-order chi connectivity index (χ0) is 13.4. The van der Waals surface area contributed by atoms with Crippen molar-refractivity contribution in [3.63, 3.8) is 0 Å². The molecule has 0 saturated heterocycles. The molecule has 0 aliphatic carbocycles. The number of nitrogens with zero attached hydrogens (tertiary/aromatic N) is 3. The molecule has 0 spiro atoms. The summed E-state index contributed by atoms with van der Waals surface area (Å²) in [6.07, 6.45) is 6.15. The van der Waals surface area contributed by atoms with E-state index in [1.54, 1.807) is 0 Å². The van der Waals surface area contributed by atoms with Crippen molar-refractivity contribution in [2.45, 2.75) is 52.4 Å². The molecule has 0 aliphatic rings. The first-order valence-electron chi connectivity index (χ1n) is 6.50. The lowest BCUT2D eigenvalue weighted by atomic mass is 9.95. The fourth-order valence-electron chi connectivity index (χ4n) is 1.78. The summed E-state index contributed by atoms with van der Waals surface area (Å²) in [5.74, 6) is 0.0224. The lowest BCUT2D eigenvalue weighted by Crippen LogP contribution is -2.30. The molecular weight excluding hydrogens is 250 g/mol. The second-order valence-electron chi connectivity index (χ2n) is 4.38. The summed E-state index contributed by atoms with van der Waals surface area (Å²) in [4.78, 5) is 13.4. The molecule has 0 aliphatic heterocycles. The van der Waals surface area contributed by atoms with Gasteiger partial charge in [0.2, 0.25) is 5.91 Å². The first-order valence-corrected chi connectivity index (χ1v) is 6.90. The average molecular weight is 271 g/mol. The summed E-state index contributed by atoms with van der Waals surface area (Å²) in [6.45, 7) is 4.26. The number of H-pyrrole nitrogens is 1. The molecule has 1 aromatic rings. The lowest BCUT2D eigenvalue weighted by Gasteiger charge is -2.15. The highest BCUT2D eigenvalue weighted by Crippen LogP contribution is 2.16. The van der Waals surface area contributed by atoms with Gasteiger partial charge in [-0.1, -0.05) is 44.6 Å². The van der Waals surface area contributed by atoms with Gasteiger partial charge in [0.25, 0.3) is 4.77 Å². The van der Waals surface area contributed by atoms with Gasteiger partial charge in [-0.3, -0.25) is 4.79 Å². The van der Waals surface area contributed by atoms with E-state index in [9.17, 15) is 4.79 Å². The number of hydrogen-bond acceptors (Lipinski definition) is 4. The van der Waals surface area contributed by atoms with Crippen LogP contribution in [0.1, 0.15) is 52.4 Å². The molecule has 1 amide bonds. The van der Waals surface area contributed by atoms with E-state index in [0.29, 0.717) is 0 Å². The maximum atomic E-state index is 12.1. The van der Waals surface area contributed by atoms with Crippen LogP contribution in [0.15, 0.2) is 0 Å². The van der Waals surface area contributed by atoms with Gasteiger partial charge >= 0.3 is 0 Å². The summed E-state index contributed by atoms with van der Waals surface area (Å²) in [6, 6.07) is 0. The van der Waals surface area contributed by atoms with Crippen molar-refractivity contribution in [2.75, 3.05) is 5.43 Å². The predicted molar refractivity (Wildman–Crippen MR) is 72.1 cm³/mol. The van der Waals surface area contributed by atoms with Crippen LogP contribution in [0.5, 0.6) is 0 Å². The molecule has 0 atom stereocenters. The Bertz CT molecular complexity index is 406. The van der Waals surface area contributed by atoms with Crippen molar-refractivity contribution in [2.24, 2.45) is 5.92 Å². The SMILES string of the molecule is CCCCC(CCCC)C(=O)Nn1[nH]nnc1=S. The third kappa shape index (κ3) is 4.56. The summed E-state index contributed by atoms with van der Waals surface area (Å²) < 4.78 is 0.230. The minimum atomic E-state index is -0.0148. The fourth-order valence-corrected chi connectivity index (χ4v) is 1.91. The first kappa shape index (κ1) is 14.8. The van der Waals surface area contributed by atoms with Crippen molar-refractivity contribution in [1.29, 1.82) is 0 Å². The second-order valence-corrected chi connectivity index (χ2v) is 4.74. The molecule has 0 unspecified atom stereocenters. The number of aromatic nitrogens is 4. The quantitative estimate of drug-likeness (QED) is 0.712. The summed E-state index contributed by atoms with van der Waals surface area (Å²) >= 11 is 4.91. The Morgan fingerprint density at radius 1 is 1.39 bits per heavy atom. The molecule has 0 saturated carbocycles. The molecule has 7 heteroatoms. The molecular formula is C11H21N5OS. The monoisotopic (exact) mass is 271 g/mol. The van der Waals surface area contributed by atoms with Crippen molar-refractivity contribution in [1.82, 2.24) is 20.3 Å². The molecule has 1 rings (SSSR count). The highest BCUT2D eigenvalue weighted by Gasteiger charge is 2.18. The average Bonchev–Trinajstić information content (AvgIpc) is 2.75. The van der Waals surface area contributed by atoms with Gasteiger partial charge in [0.1, 0.15) is 0 Å². The Balaban J connectivity index is 2.57. The standard InChI is InChI=1S/C11H21N5OS/c1-3-5-7-9(8-6-4-2)10(17)13-16-11(18)12-14-15-16/h9H,3-8H2,1-2H3,(H,13,17)(H,12,15,18). The van der Waals surface area contributed by atoms with Crippen LogP contribution in [-0.4, -0.2) is 26.2 Å². The van der Waals surface area contributed by atoms with E-state index >= 15 is 0 Å². The van der Waals surface area contributed by atoms with E-state index in [1.807, 2.05) is 0 Å². The maximum Gasteiger partial charge on any atom is 0.258 e. The van der Waals surface area contributed by atoms with Crippen LogP contribution in [-0.2, 0) is 4.79 Å². The van der Waals surface area contributed by atoms with Gasteiger partial charge in [0, 0.05) is 5.92 Å². The zero-order valence-corrected chi connectivity index (χ0v) is 11.8. The number of aromatic amines is 1. The van der Waals surface area contributed by atoms with Crippen molar-refractivity contribution < 1.29 is 4.79 Å². The number of rotatable bonds is 8. The van der Waals surface area contributed by atoms with Gasteiger partial charge in [-0.25, -0.2) is 5.43 Å². The molecule has 2 N–H and O–H groups in total. The number of unbranched alkanes of at least 4 members (excludes halogenated alkanes) is 2. The number of carbonyl (C=O) groups is 1. The van der Waals surface area contributed by atoms with E-state index in [1.165, 1.54) is 4.79 Å². The third-order valence-corrected chi connectivity index (χ3v) is 3.14. The molecule has 6 nitrogen and oxygen atoms in total. The first-order chi connectivity index (χ1) is 8.69. The molecule has 102 valence electrons. The second kappa shape index (κ2) is 7.97. The van der Waals surface area contributed by atoms with E-state index < -0.39 is 0 Å². The van der Waals surface area contributed by atoms with E-state index in [-0.39, 0.29) is 16.6 Å². The highest BCUT2D eigenvalue weighted by atomic mass is 32.1. The number of hydrogen-bond donors (Lipinski definition) is 2. The number of amides is 1. The van der Waals surface area contributed by atoms with Gasteiger partial charge < -0.3 is 0 Å². The number of nitrogens with one attached hydrogen (secondary N) is 2. The molecule has 0 aromatic carbocycles. The van der Waals surface area contributed by atoms with Crippen molar-refractivity contribution in [3.05, 3.63) is 4.77 Å². The number of tetrazole rings is 1. The Morgan fingerprint density at radius 2 is 2.00 bits per heavy atom. The molecule has 1 aromatic heterocycles. The fraction of sp³-hybridized carbons (Fsp3) is 0.818. The molecule has 0 bridgehead atoms. The van der Waals surface area contributed by atoms with Crippen LogP contribution in [0.25, 0.3) is 0 Å². The van der Waals surface area contributed by atoms with Gasteiger partial charge in [-0.15, -0.1) is 4.79 Å². The Morgan fingerprint density at radius 3 is 2.44 bits per heavy atom. The smallest absolute Gasteiger partial charge is 0.258 e. The van der Waals surface area contributed by atoms with Crippen LogP contribution >= 0.6 is 12.2 Å². The number of carbonyl (C=O) groups excluding carboxylic acids is 1. The maximum absolute atomic E-state index is 12.1. The largest absolute Gasteiger partial charge is 0.273 e. The highest BCUT2D eigenvalue weighted by molar-refractivity contribution is 7.71. The van der Waals surface area contributed by atoms with Crippen molar-refractivity contribution in [3.8, 4) is 0 Å². The Kier molecular flexibility index (Phi) is 6.56. The lowest BCUT2D eigenvalue weighted by molar-refractivity contribution is -0.121. The predicted octanol–water partition coefficient (Wildman–Crippen LogP) is 2.40. The normalized spacial score (nSPS) is 10.8. The van der Waals surface area contributed by atoms with Crippen LogP contribution < -0.4 is 5.43 Å². The Labute approximate surface area is 112 Å². The van der Waals surface area contributed by atoms with Gasteiger partial charge in [0.15, 0.2) is 0 Å². The van der Waals surface area contributed by atoms with E-state index in [2.05, 4.69) is 34.8 Å². The zero-order valence-electron chi connectivity index (χ0n) is 11.0. The summed E-state index contributed by atoms with van der Waals surface area (Å²) in [7, 11) is 0. The summed E-state index contributed by atoms with van der Waals surface area (Å²) in [5, 5.41) is 9.66.